The third kappa shape index (κ3) is 14.1. The fraction of sp³-hybridized carbons (Fsp3) is 0.514. The first kappa shape index (κ1) is 72.4. The van der Waals surface area contributed by atoms with Crippen LogP contribution in [0.3, 0.4) is 0 Å². The Labute approximate surface area is 538 Å². The summed E-state index contributed by atoms with van der Waals surface area (Å²) in [5, 5.41) is 2.01. The molecule has 18 heteroatoms. The maximum absolute atomic E-state index is 16.1. The molecule has 0 fully saturated rings. The summed E-state index contributed by atoms with van der Waals surface area (Å²) in [6.45, 7) is 39.4. The lowest BCUT2D eigenvalue weighted by Crippen LogP contribution is -2.34. The highest BCUT2D eigenvalue weighted by atomic mass is 31.1. The van der Waals surface area contributed by atoms with Crippen LogP contribution in [0.5, 0.6) is 23.0 Å². The third-order valence-electron chi connectivity index (χ3n) is 16.9. The molecule has 0 N–H and O–H groups in total. The zero-order chi connectivity index (χ0) is 69.7. The number of halogens is 12. The van der Waals surface area contributed by atoms with Crippen LogP contribution < -0.4 is 50.8 Å². The molecule has 92 heavy (non-hydrogen) atoms. The normalized spacial score (nSPS) is 15.0. The standard InChI is InChI=1S/C74H88F12O4P2/c1-63(2,3)43-29-39(30-44(64(4,5)6)57(43)71(75,76)77)91(40-31-45(65(7,8)9)58(72(78,79)80)46(32-40)66(10,11)12)53-27-25-51-61(89-37-87-51)55(53)56-54(28-26-52-62(56)90-38-88-52)92(41-33-47(67(13,14)15)59(73(81,82)83)48(34-41)68(16,17)18)42-35-49(69(19,20)21)60(74(84,85)86)50(36-42)70(22,23)24/h25-36H,37-38H2,1-24H3. The van der Waals surface area contributed by atoms with Crippen LogP contribution in [0.15, 0.2) is 72.8 Å². The van der Waals surface area contributed by atoms with E-state index in [-0.39, 0.29) is 92.2 Å². The van der Waals surface area contributed by atoms with E-state index in [2.05, 4.69) is 0 Å². The first-order valence-corrected chi connectivity index (χ1v) is 33.5. The summed E-state index contributed by atoms with van der Waals surface area (Å²) < 4.78 is 219. The predicted octanol–water partition coefficient (Wildman–Crippen LogP) is 20.8. The van der Waals surface area contributed by atoms with E-state index in [9.17, 15) is 0 Å². The van der Waals surface area contributed by atoms with Crippen molar-refractivity contribution in [2.24, 2.45) is 0 Å². The maximum Gasteiger partial charge on any atom is 0.416 e. The van der Waals surface area contributed by atoms with Crippen molar-refractivity contribution in [2.45, 2.75) is 234 Å². The lowest BCUT2D eigenvalue weighted by atomic mass is 9.76. The Morgan fingerprint density at radius 1 is 0.261 bits per heavy atom. The van der Waals surface area contributed by atoms with Gasteiger partial charge in [-0.2, -0.15) is 52.7 Å². The average molecular weight is 1330 g/mol. The summed E-state index contributed by atoms with van der Waals surface area (Å²) in [5.41, 5.74) is -13.0. The van der Waals surface area contributed by atoms with Gasteiger partial charge in [0.2, 0.25) is 13.6 Å². The van der Waals surface area contributed by atoms with Crippen LogP contribution >= 0.6 is 15.8 Å². The van der Waals surface area contributed by atoms with E-state index in [0.717, 1.165) is 0 Å². The Morgan fingerprint density at radius 3 is 0.587 bits per heavy atom. The van der Waals surface area contributed by atoms with E-state index in [1.165, 1.54) is 48.5 Å². The molecule has 0 saturated carbocycles. The highest BCUT2D eigenvalue weighted by Crippen LogP contribution is 2.58. The Balaban J connectivity index is 1.72. The molecule has 8 rings (SSSR count). The number of hydrogen-bond donors (Lipinski definition) is 0. The van der Waals surface area contributed by atoms with Crippen LogP contribution in [0, 0.1) is 0 Å². The minimum Gasteiger partial charge on any atom is -0.454 e. The number of hydrogen-bond acceptors (Lipinski definition) is 4. The van der Waals surface area contributed by atoms with Gasteiger partial charge in [0.1, 0.15) is 0 Å². The van der Waals surface area contributed by atoms with E-state index in [0.29, 0.717) is 31.8 Å². The second-order valence-corrected chi connectivity index (χ2v) is 37.1. The van der Waals surface area contributed by atoms with Crippen molar-refractivity contribution in [1.29, 1.82) is 0 Å². The van der Waals surface area contributed by atoms with Crippen LogP contribution in [-0.2, 0) is 68.0 Å². The van der Waals surface area contributed by atoms with Crippen LogP contribution in [-0.4, -0.2) is 13.6 Å². The minimum absolute atomic E-state index is 0.0685. The van der Waals surface area contributed by atoms with E-state index < -0.39 is 106 Å². The van der Waals surface area contributed by atoms with Gasteiger partial charge >= 0.3 is 24.7 Å². The van der Waals surface area contributed by atoms with E-state index >= 15 is 52.7 Å². The fourth-order valence-corrected chi connectivity index (χ4v) is 17.7. The number of ether oxygens (including phenoxy) is 4. The molecule has 4 nitrogen and oxygen atoms in total. The van der Waals surface area contributed by atoms with Gasteiger partial charge < -0.3 is 18.9 Å². The van der Waals surface area contributed by atoms with Crippen molar-refractivity contribution in [1.82, 2.24) is 0 Å². The summed E-state index contributed by atoms with van der Waals surface area (Å²) in [6, 6.07) is 18.9. The van der Waals surface area contributed by atoms with Gasteiger partial charge in [0.15, 0.2) is 23.0 Å². The fourth-order valence-electron chi connectivity index (χ4n) is 12.6. The molecule has 0 unspecified atom stereocenters. The molecule has 2 heterocycles. The molecule has 6 aromatic rings. The molecular formula is C74H88F12O4P2. The molecule has 6 aromatic carbocycles. The zero-order valence-corrected chi connectivity index (χ0v) is 59.2. The molecule has 502 valence electrons. The number of fused-ring (bicyclic) bond motifs is 2. The minimum atomic E-state index is -4.88. The van der Waals surface area contributed by atoms with Crippen molar-refractivity contribution in [3.8, 4) is 34.1 Å². The van der Waals surface area contributed by atoms with Gasteiger partial charge in [-0.3, -0.25) is 0 Å². The van der Waals surface area contributed by atoms with E-state index in [1.54, 1.807) is 190 Å². The van der Waals surface area contributed by atoms with Gasteiger partial charge in [-0.25, -0.2) is 0 Å². The van der Waals surface area contributed by atoms with Gasteiger partial charge in [0.25, 0.3) is 0 Å². The summed E-state index contributed by atoms with van der Waals surface area (Å²) >= 11 is 0. The van der Waals surface area contributed by atoms with Gasteiger partial charge in [-0.05, 0) is 208 Å². The van der Waals surface area contributed by atoms with Gasteiger partial charge in [0, 0.05) is 11.1 Å². The SMILES string of the molecule is CC(C)(C)c1cc(P(c2cc(C(C)(C)C)c(C(F)(F)F)c(C(C)(C)C)c2)c2ccc3c(c2-c2c(P(c4cc(C(C)(C)C)c(C(F)(F)F)c(C(C)(C)C)c4)c4cc(C(C)(C)C)c(C(F)(F)F)c(C(C)(C)C)c4)ccc4c2OCO4)OCO3)cc(C(C)(C)C)c1C(F)(F)F. The summed E-state index contributed by atoms with van der Waals surface area (Å²) in [6.07, 6.45) is -19.5. The van der Waals surface area contributed by atoms with Crippen LogP contribution in [0.4, 0.5) is 52.7 Å². The quantitative estimate of drug-likeness (QED) is 0.118. The second-order valence-electron chi connectivity index (χ2n) is 32.7. The monoisotopic (exact) mass is 1330 g/mol. The first-order valence-electron chi connectivity index (χ1n) is 30.8. The lowest BCUT2D eigenvalue weighted by Gasteiger charge is -2.36. The van der Waals surface area contributed by atoms with Crippen LogP contribution in [0.25, 0.3) is 11.1 Å². The Morgan fingerprint density at radius 2 is 0.435 bits per heavy atom. The molecular weight excluding hydrogens is 1240 g/mol. The van der Waals surface area contributed by atoms with Gasteiger partial charge in [-0.15, -0.1) is 0 Å². The topological polar surface area (TPSA) is 36.9 Å². The molecule has 0 amide bonds. The first-order chi connectivity index (χ1) is 41.3. The lowest BCUT2D eigenvalue weighted by molar-refractivity contribution is -0.140. The molecule has 0 aliphatic carbocycles. The smallest absolute Gasteiger partial charge is 0.416 e. The van der Waals surface area contributed by atoms with Crippen molar-refractivity contribution in [2.75, 3.05) is 13.6 Å². The predicted molar refractivity (Wildman–Crippen MR) is 351 cm³/mol. The third-order valence-corrected chi connectivity index (χ3v) is 21.7. The Bertz CT molecular complexity index is 3270. The highest BCUT2D eigenvalue weighted by Gasteiger charge is 2.49. The summed E-state index contributed by atoms with van der Waals surface area (Å²) in [4.78, 5) is 0. The summed E-state index contributed by atoms with van der Waals surface area (Å²) in [7, 11) is -4.84. The Hall–Kier alpha value is -5.46. The van der Waals surface area contributed by atoms with E-state index in [4.69, 9.17) is 18.9 Å². The van der Waals surface area contributed by atoms with Crippen LogP contribution in [0.1, 0.15) is 233 Å². The van der Waals surface area contributed by atoms with Crippen molar-refractivity contribution < 1.29 is 71.6 Å². The van der Waals surface area contributed by atoms with Crippen molar-refractivity contribution in [3.05, 3.63) is 140 Å². The molecule has 0 atom stereocenters. The number of benzene rings is 6. The molecule has 0 bridgehead atoms. The van der Waals surface area contributed by atoms with E-state index in [1.807, 2.05) is 0 Å². The van der Waals surface area contributed by atoms with Gasteiger partial charge in [0.05, 0.1) is 22.3 Å². The largest absolute Gasteiger partial charge is 0.454 e. The maximum atomic E-state index is 16.1. The molecule has 2 aliphatic heterocycles. The van der Waals surface area contributed by atoms with Crippen molar-refractivity contribution >= 4 is 47.7 Å². The Kier molecular flexibility index (Phi) is 18.2. The molecule has 0 saturated heterocycles. The highest BCUT2D eigenvalue weighted by molar-refractivity contribution is 7.80. The van der Waals surface area contributed by atoms with Gasteiger partial charge in [-0.1, -0.05) is 166 Å². The van der Waals surface area contributed by atoms with Crippen molar-refractivity contribution in [3.63, 3.8) is 0 Å². The second kappa shape index (κ2) is 23.1. The zero-order valence-electron chi connectivity index (χ0n) is 57.4. The molecule has 2 aliphatic rings. The molecule has 0 radical (unpaired) electrons. The number of alkyl halides is 12. The molecule has 0 aromatic heterocycles. The number of rotatable bonds is 7. The van der Waals surface area contributed by atoms with Crippen LogP contribution in [0.2, 0.25) is 0 Å². The summed E-state index contributed by atoms with van der Waals surface area (Å²) in [5.74, 6) is 0.593. The molecule has 0 spiro atoms. The average Bonchev–Trinajstić information content (AvgIpc) is 1.02.